The van der Waals surface area contributed by atoms with Crippen LogP contribution in [0.1, 0.15) is 37.5 Å². The zero-order valence-electron chi connectivity index (χ0n) is 13.0. The fourth-order valence-electron chi connectivity index (χ4n) is 2.35. The standard InChI is InChI=1S/C16H26N2O/c1-7-17-16(4,5)15(19)18(6)11-14-9-8-12(2)10-13(14)3/h8-10,17H,7,11H2,1-6H3. The molecule has 1 rings (SSSR count). The summed E-state index contributed by atoms with van der Waals surface area (Å²) in [6.45, 7) is 11.5. The molecule has 0 heterocycles. The quantitative estimate of drug-likeness (QED) is 0.885. The maximum Gasteiger partial charge on any atom is 0.242 e. The molecular weight excluding hydrogens is 236 g/mol. The van der Waals surface area contributed by atoms with Crippen molar-refractivity contribution in [3.8, 4) is 0 Å². The van der Waals surface area contributed by atoms with Crippen molar-refractivity contribution >= 4 is 5.91 Å². The van der Waals surface area contributed by atoms with Gasteiger partial charge in [0.1, 0.15) is 0 Å². The summed E-state index contributed by atoms with van der Waals surface area (Å²) in [6.07, 6.45) is 0. The van der Waals surface area contributed by atoms with Crippen LogP contribution in [0.2, 0.25) is 0 Å². The van der Waals surface area contributed by atoms with Crippen LogP contribution in [0.25, 0.3) is 0 Å². The van der Waals surface area contributed by atoms with Crippen molar-refractivity contribution in [3.05, 3.63) is 34.9 Å². The van der Waals surface area contributed by atoms with Gasteiger partial charge in [0.15, 0.2) is 0 Å². The van der Waals surface area contributed by atoms with Gasteiger partial charge >= 0.3 is 0 Å². The minimum Gasteiger partial charge on any atom is -0.340 e. The molecular formula is C16H26N2O. The van der Waals surface area contributed by atoms with E-state index in [0.29, 0.717) is 6.54 Å². The summed E-state index contributed by atoms with van der Waals surface area (Å²) in [7, 11) is 1.86. The highest BCUT2D eigenvalue weighted by atomic mass is 16.2. The third-order valence-electron chi connectivity index (χ3n) is 3.41. The largest absolute Gasteiger partial charge is 0.340 e. The second-order valence-electron chi connectivity index (χ2n) is 5.75. The van der Waals surface area contributed by atoms with Crippen LogP contribution >= 0.6 is 0 Å². The summed E-state index contributed by atoms with van der Waals surface area (Å²) in [5.41, 5.74) is 3.18. The third-order valence-corrected chi connectivity index (χ3v) is 3.41. The first-order valence-electron chi connectivity index (χ1n) is 6.84. The van der Waals surface area contributed by atoms with Gasteiger partial charge in [0.2, 0.25) is 5.91 Å². The topological polar surface area (TPSA) is 32.3 Å². The minimum absolute atomic E-state index is 0.120. The van der Waals surface area contributed by atoms with E-state index in [0.717, 1.165) is 6.54 Å². The number of aryl methyl sites for hydroxylation is 2. The van der Waals surface area contributed by atoms with Gasteiger partial charge in [0.25, 0.3) is 0 Å². The molecule has 0 spiro atoms. The van der Waals surface area contributed by atoms with Crippen molar-refractivity contribution in [1.82, 2.24) is 10.2 Å². The molecule has 0 saturated carbocycles. The van der Waals surface area contributed by atoms with E-state index in [4.69, 9.17) is 0 Å². The zero-order chi connectivity index (χ0) is 14.6. The van der Waals surface area contributed by atoms with Gasteiger partial charge in [-0.25, -0.2) is 0 Å². The predicted octanol–water partition coefficient (Wildman–Crippen LogP) is 2.65. The number of likely N-dealkylation sites (N-methyl/N-ethyl adjacent to an activating group) is 2. The molecule has 3 heteroatoms. The molecule has 0 aliphatic heterocycles. The van der Waals surface area contributed by atoms with E-state index in [1.807, 2.05) is 27.8 Å². The van der Waals surface area contributed by atoms with Crippen LogP contribution in [-0.2, 0) is 11.3 Å². The van der Waals surface area contributed by atoms with E-state index in [9.17, 15) is 4.79 Å². The molecule has 0 aliphatic rings. The highest BCUT2D eigenvalue weighted by molar-refractivity contribution is 5.85. The summed E-state index contributed by atoms with van der Waals surface area (Å²) in [5, 5.41) is 3.22. The number of nitrogens with zero attached hydrogens (tertiary/aromatic N) is 1. The molecule has 1 amide bonds. The molecule has 0 unspecified atom stereocenters. The van der Waals surface area contributed by atoms with Gasteiger partial charge in [-0.3, -0.25) is 4.79 Å². The van der Waals surface area contributed by atoms with E-state index >= 15 is 0 Å². The molecule has 0 atom stereocenters. The number of carbonyl (C=O) groups is 1. The molecule has 19 heavy (non-hydrogen) atoms. The second kappa shape index (κ2) is 6.20. The van der Waals surface area contributed by atoms with E-state index in [1.165, 1.54) is 16.7 Å². The molecule has 0 saturated heterocycles. The average molecular weight is 262 g/mol. The van der Waals surface area contributed by atoms with Gasteiger partial charge in [-0.1, -0.05) is 30.7 Å². The van der Waals surface area contributed by atoms with Crippen molar-refractivity contribution < 1.29 is 4.79 Å². The number of hydrogen-bond donors (Lipinski definition) is 1. The lowest BCUT2D eigenvalue weighted by Crippen LogP contribution is -2.52. The number of hydrogen-bond acceptors (Lipinski definition) is 2. The minimum atomic E-state index is -0.512. The van der Waals surface area contributed by atoms with Crippen molar-refractivity contribution in [2.75, 3.05) is 13.6 Å². The van der Waals surface area contributed by atoms with Crippen LogP contribution in [0.4, 0.5) is 0 Å². The monoisotopic (exact) mass is 262 g/mol. The van der Waals surface area contributed by atoms with Crippen LogP contribution in [0.15, 0.2) is 18.2 Å². The maximum absolute atomic E-state index is 12.4. The number of benzene rings is 1. The lowest BCUT2D eigenvalue weighted by molar-refractivity contribution is -0.136. The molecule has 0 aromatic heterocycles. The van der Waals surface area contributed by atoms with Crippen LogP contribution in [0.3, 0.4) is 0 Å². The fourth-order valence-corrected chi connectivity index (χ4v) is 2.35. The Hall–Kier alpha value is -1.35. The van der Waals surface area contributed by atoms with Gasteiger partial charge in [0.05, 0.1) is 5.54 Å². The fraction of sp³-hybridized carbons (Fsp3) is 0.562. The summed E-state index contributed by atoms with van der Waals surface area (Å²) in [4.78, 5) is 14.2. The van der Waals surface area contributed by atoms with Crippen molar-refractivity contribution in [2.45, 2.75) is 46.7 Å². The molecule has 106 valence electrons. The van der Waals surface area contributed by atoms with E-state index in [2.05, 4.69) is 37.4 Å². The highest BCUT2D eigenvalue weighted by Crippen LogP contribution is 2.15. The third kappa shape index (κ3) is 4.06. The number of carbonyl (C=O) groups excluding carboxylic acids is 1. The molecule has 0 fully saturated rings. The Morgan fingerprint density at radius 1 is 1.32 bits per heavy atom. The Bertz CT molecular complexity index is 452. The molecule has 1 aromatic rings. The van der Waals surface area contributed by atoms with Gasteiger partial charge in [-0.05, 0) is 45.4 Å². The highest BCUT2D eigenvalue weighted by Gasteiger charge is 2.29. The van der Waals surface area contributed by atoms with Gasteiger partial charge in [-0.15, -0.1) is 0 Å². The lowest BCUT2D eigenvalue weighted by Gasteiger charge is -2.30. The average Bonchev–Trinajstić information content (AvgIpc) is 2.31. The Balaban J connectivity index is 2.79. The van der Waals surface area contributed by atoms with Gasteiger partial charge < -0.3 is 10.2 Å². The lowest BCUT2D eigenvalue weighted by atomic mass is 10.0. The van der Waals surface area contributed by atoms with Crippen molar-refractivity contribution in [2.24, 2.45) is 0 Å². The van der Waals surface area contributed by atoms with Crippen LogP contribution < -0.4 is 5.32 Å². The maximum atomic E-state index is 12.4. The first-order valence-corrected chi connectivity index (χ1v) is 6.84. The van der Waals surface area contributed by atoms with Crippen molar-refractivity contribution in [3.63, 3.8) is 0 Å². The predicted molar refractivity (Wildman–Crippen MR) is 80.1 cm³/mol. The number of amides is 1. The van der Waals surface area contributed by atoms with Crippen molar-refractivity contribution in [1.29, 1.82) is 0 Å². The second-order valence-corrected chi connectivity index (χ2v) is 5.75. The molecule has 1 aromatic carbocycles. The van der Waals surface area contributed by atoms with Gasteiger partial charge in [0, 0.05) is 13.6 Å². The number of nitrogens with one attached hydrogen (secondary N) is 1. The first-order chi connectivity index (χ1) is 8.77. The Morgan fingerprint density at radius 2 is 1.95 bits per heavy atom. The summed E-state index contributed by atoms with van der Waals surface area (Å²) in [6, 6.07) is 6.36. The molecule has 3 nitrogen and oxygen atoms in total. The SMILES string of the molecule is CCNC(C)(C)C(=O)N(C)Cc1ccc(C)cc1C. The number of rotatable bonds is 5. The summed E-state index contributed by atoms with van der Waals surface area (Å²) in [5.74, 6) is 0.120. The molecule has 0 radical (unpaired) electrons. The molecule has 1 N–H and O–H groups in total. The Morgan fingerprint density at radius 3 is 2.47 bits per heavy atom. The van der Waals surface area contributed by atoms with Crippen LogP contribution in [0, 0.1) is 13.8 Å². The Labute approximate surface area is 117 Å². The van der Waals surface area contributed by atoms with E-state index < -0.39 is 5.54 Å². The molecule has 0 aliphatic carbocycles. The van der Waals surface area contributed by atoms with Gasteiger partial charge in [-0.2, -0.15) is 0 Å². The first kappa shape index (κ1) is 15.7. The smallest absolute Gasteiger partial charge is 0.242 e. The normalized spacial score (nSPS) is 11.5. The van der Waals surface area contributed by atoms with Crippen LogP contribution in [-0.4, -0.2) is 29.9 Å². The van der Waals surface area contributed by atoms with Crippen LogP contribution in [0.5, 0.6) is 0 Å². The Kier molecular flexibility index (Phi) is 5.12. The van der Waals surface area contributed by atoms with E-state index in [1.54, 1.807) is 4.90 Å². The molecule has 0 bridgehead atoms. The van der Waals surface area contributed by atoms with E-state index in [-0.39, 0.29) is 5.91 Å². The zero-order valence-corrected chi connectivity index (χ0v) is 13.0. The summed E-state index contributed by atoms with van der Waals surface area (Å²) < 4.78 is 0. The summed E-state index contributed by atoms with van der Waals surface area (Å²) >= 11 is 0.